The smallest absolute Gasteiger partial charge is 0.428 e. The van der Waals surface area contributed by atoms with Crippen molar-refractivity contribution in [2.24, 2.45) is 5.10 Å². The van der Waals surface area contributed by atoms with E-state index in [9.17, 15) is 4.79 Å². The van der Waals surface area contributed by atoms with E-state index in [0.717, 1.165) is 10.6 Å². The Labute approximate surface area is 106 Å². The van der Waals surface area contributed by atoms with Crippen LogP contribution in [-0.2, 0) is 4.74 Å². The zero-order chi connectivity index (χ0) is 13.1. The van der Waals surface area contributed by atoms with Crippen LogP contribution < -0.4 is 5.43 Å². The van der Waals surface area contributed by atoms with Crippen LogP contribution >= 0.6 is 11.3 Å². The molecule has 0 saturated heterocycles. The highest BCUT2D eigenvalue weighted by molar-refractivity contribution is 7.14. The predicted molar refractivity (Wildman–Crippen MR) is 70.6 cm³/mol. The van der Waals surface area contributed by atoms with Crippen LogP contribution in [0.15, 0.2) is 17.2 Å². The maximum atomic E-state index is 11.4. The molecule has 17 heavy (non-hydrogen) atoms. The van der Waals surface area contributed by atoms with Gasteiger partial charge in [0.15, 0.2) is 0 Å². The molecule has 0 aromatic carbocycles. The van der Waals surface area contributed by atoms with Crippen molar-refractivity contribution in [1.29, 1.82) is 0 Å². The van der Waals surface area contributed by atoms with Gasteiger partial charge in [0, 0.05) is 4.88 Å². The van der Waals surface area contributed by atoms with E-state index in [1.165, 1.54) is 4.88 Å². The number of hydrogen-bond acceptors (Lipinski definition) is 4. The molecule has 1 rings (SSSR count). The third-order valence-electron chi connectivity index (χ3n) is 1.81. The molecule has 0 aliphatic heterocycles. The molecule has 0 aliphatic rings. The fraction of sp³-hybridized carbons (Fsp3) is 0.500. The molecule has 0 saturated carbocycles. The summed E-state index contributed by atoms with van der Waals surface area (Å²) in [4.78, 5) is 13.6. The Morgan fingerprint density at radius 2 is 2.06 bits per heavy atom. The molecule has 4 nitrogen and oxygen atoms in total. The molecule has 1 aromatic heterocycles. The van der Waals surface area contributed by atoms with E-state index in [1.807, 2.05) is 46.8 Å². The van der Waals surface area contributed by atoms with Crippen LogP contribution in [0.2, 0.25) is 0 Å². The van der Waals surface area contributed by atoms with E-state index in [0.29, 0.717) is 0 Å². The first kappa shape index (κ1) is 13.7. The van der Waals surface area contributed by atoms with Gasteiger partial charge in [-0.1, -0.05) is 0 Å². The molecule has 0 radical (unpaired) electrons. The maximum Gasteiger partial charge on any atom is 0.428 e. The highest BCUT2D eigenvalue weighted by Gasteiger charge is 2.15. The molecule has 1 heterocycles. The monoisotopic (exact) mass is 254 g/mol. The Kier molecular flexibility index (Phi) is 4.28. The number of hydrazone groups is 1. The van der Waals surface area contributed by atoms with Crippen molar-refractivity contribution in [1.82, 2.24) is 5.43 Å². The van der Waals surface area contributed by atoms with Crippen LogP contribution in [0.25, 0.3) is 0 Å². The van der Waals surface area contributed by atoms with Gasteiger partial charge in [0.1, 0.15) is 5.60 Å². The average Bonchev–Trinajstić information content (AvgIpc) is 2.58. The zero-order valence-electron chi connectivity index (χ0n) is 10.8. The minimum absolute atomic E-state index is 0.507. The summed E-state index contributed by atoms with van der Waals surface area (Å²) < 4.78 is 5.08. The van der Waals surface area contributed by atoms with Gasteiger partial charge < -0.3 is 4.74 Å². The highest BCUT2D eigenvalue weighted by Crippen LogP contribution is 2.15. The SMILES string of the molecule is CC(=NNC(=O)OC(C)(C)C)c1ccc(C)s1. The zero-order valence-corrected chi connectivity index (χ0v) is 11.6. The van der Waals surface area contributed by atoms with E-state index in [2.05, 4.69) is 10.5 Å². The fourth-order valence-corrected chi connectivity index (χ4v) is 1.93. The summed E-state index contributed by atoms with van der Waals surface area (Å²) in [6.07, 6.45) is -0.537. The van der Waals surface area contributed by atoms with Crippen molar-refractivity contribution < 1.29 is 9.53 Å². The van der Waals surface area contributed by atoms with Crippen molar-refractivity contribution in [2.45, 2.75) is 40.2 Å². The summed E-state index contributed by atoms with van der Waals surface area (Å²) in [7, 11) is 0. The van der Waals surface area contributed by atoms with E-state index < -0.39 is 11.7 Å². The number of amides is 1. The first-order valence-corrected chi connectivity index (χ1v) is 6.20. The second-order valence-corrected chi connectivity index (χ2v) is 6.01. The molecule has 0 atom stereocenters. The molecule has 94 valence electrons. The molecule has 0 fully saturated rings. The van der Waals surface area contributed by atoms with Gasteiger partial charge in [-0.2, -0.15) is 5.10 Å². The Hall–Kier alpha value is -1.36. The van der Waals surface area contributed by atoms with Gasteiger partial charge in [-0.05, 0) is 46.8 Å². The Balaban J connectivity index is 2.57. The van der Waals surface area contributed by atoms with Gasteiger partial charge in [-0.25, -0.2) is 10.2 Å². The molecule has 1 N–H and O–H groups in total. The van der Waals surface area contributed by atoms with Gasteiger partial charge in [-0.15, -0.1) is 11.3 Å². The van der Waals surface area contributed by atoms with Crippen LogP contribution in [0.1, 0.15) is 37.4 Å². The topological polar surface area (TPSA) is 50.7 Å². The molecule has 1 amide bonds. The number of thiophene rings is 1. The van der Waals surface area contributed by atoms with Crippen molar-refractivity contribution >= 4 is 23.1 Å². The molecule has 5 heteroatoms. The lowest BCUT2D eigenvalue weighted by Gasteiger charge is -2.18. The summed E-state index contributed by atoms with van der Waals surface area (Å²) in [6, 6.07) is 4.00. The number of aryl methyl sites for hydroxylation is 1. The van der Waals surface area contributed by atoms with Crippen molar-refractivity contribution in [3.63, 3.8) is 0 Å². The van der Waals surface area contributed by atoms with Crippen LogP contribution in [0, 0.1) is 6.92 Å². The van der Waals surface area contributed by atoms with E-state index in [-0.39, 0.29) is 0 Å². The standard InChI is InChI=1S/C12H18N2O2S/c1-8-6-7-10(17-8)9(2)13-14-11(15)16-12(3,4)5/h6-7H,1-5H3,(H,14,15). The molecule has 0 unspecified atom stereocenters. The van der Waals surface area contributed by atoms with Crippen molar-refractivity contribution in [2.75, 3.05) is 0 Å². The van der Waals surface area contributed by atoms with Gasteiger partial charge in [0.25, 0.3) is 0 Å². The Morgan fingerprint density at radius 1 is 1.41 bits per heavy atom. The second-order valence-electron chi connectivity index (χ2n) is 4.72. The second kappa shape index (κ2) is 5.31. The lowest BCUT2D eigenvalue weighted by molar-refractivity contribution is 0.0529. The molecule has 0 bridgehead atoms. The van der Waals surface area contributed by atoms with Crippen molar-refractivity contribution in [3.8, 4) is 0 Å². The average molecular weight is 254 g/mol. The lowest BCUT2D eigenvalue weighted by atomic mass is 10.2. The summed E-state index contributed by atoms with van der Waals surface area (Å²) in [5, 5.41) is 3.99. The molecule has 0 aliphatic carbocycles. The Bertz CT molecular complexity index is 430. The maximum absolute atomic E-state index is 11.4. The van der Waals surface area contributed by atoms with Crippen LogP contribution in [0.5, 0.6) is 0 Å². The van der Waals surface area contributed by atoms with E-state index >= 15 is 0 Å². The van der Waals surface area contributed by atoms with Crippen molar-refractivity contribution in [3.05, 3.63) is 21.9 Å². The third-order valence-corrected chi connectivity index (χ3v) is 2.92. The van der Waals surface area contributed by atoms with E-state index in [4.69, 9.17) is 4.74 Å². The minimum Gasteiger partial charge on any atom is -0.443 e. The fourth-order valence-electron chi connectivity index (χ4n) is 1.11. The number of ether oxygens (including phenoxy) is 1. The summed E-state index contributed by atoms with van der Waals surface area (Å²) in [6.45, 7) is 9.31. The third kappa shape index (κ3) is 4.99. The number of hydrogen-bond donors (Lipinski definition) is 1. The van der Waals surface area contributed by atoms with Crippen LogP contribution in [0.3, 0.4) is 0 Å². The summed E-state index contributed by atoms with van der Waals surface area (Å²) in [5.74, 6) is 0. The first-order valence-electron chi connectivity index (χ1n) is 5.38. The quantitative estimate of drug-likeness (QED) is 0.650. The number of nitrogens with zero attached hydrogens (tertiary/aromatic N) is 1. The summed E-state index contributed by atoms with van der Waals surface area (Å²) >= 11 is 1.64. The lowest BCUT2D eigenvalue weighted by Crippen LogP contribution is -2.30. The number of rotatable bonds is 2. The highest BCUT2D eigenvalue weighted by atomic mass is 32.1. The van der Waals surface area contributed by atoms with E-state index in [1.54, 1.807) is 11.3 Å². The summed E-state index contributed by atoms with van der Waals surface area (Å²) in [5.41, 5.74) is 2.65. The molecular formula is C12H18N2O2S. The largest absolute Gasteiger partial charge is 0.443 e. The normalized spacial score (nSPS) is 12.4. The van der Waals surface area contributed by atoms with Crippen LogP contribution in [0.4, 0.5) is 4.79 Å². The number of carbonyl (C=O) groups is 1. The predicted octanol–water partition coefficient (Wildman–Crippen LogP) is 3.31. The van der Waals surface area contributed by atoms with Crippen LogP contribution in [-0.4, -0.2) is 17.4 Å². The molecular weight excluding hydrogens is 236 g/mol. The minimum atomic E-state index is -0.537. The van der Waals surface area contributed by atoms with Gasteiger partial charge in [-0.3, -0.25) is 0 Å². The van der Waals surface area contributed by atoms with Gasteiger partial charge in [0.2, 0.25) is 0 Å². The van der Waals surface area contributed by atoms with Gasteiger partial charge in [0.05, 0.1) is 10.6 Å². The Morgan fingerprint density at radius 3 is 2.53 bits per heavy atom. The molecule has 0 spiro atoms. The first-order chi connectivity index (χ1) is 7.78. The number of nitrogens with one attached hydrogen (secondary N) is 1. The molecule has 1 aromatic rings. The number of carbonyl (C=O) groups excluding carboxylic acids is 1. The van der Waals surface area contributed by atoms with Gasteiger partial charge >= 0.3 is 6.09 Å².